The maximum absolute atomic E-state index is 6.30. The highest BCUT2D eigenvalue weighted by molar-refractivity contribution is 6.33. The largest absolute Gasteiger partial charge is 0.328 e. The standard InChI is InChI=1S/C15H22Cl2N2.ClH/c1-10(18)12-4-3-7-19(9-12)11(2)14-8-13(16)5-6-15(14)17;/h5-6,8,10-12H,3-4,7,9,18H2,1-2H3;1H. The molecule has 1 heterocycles. The fraction of sp³-hybridized carbons (Fsp3) is 0.600. The van der Waals surface area contributed by atoms with Gasteiger partial charge in [0.05, 0.1) is 0 Å². The highest BCUT2D eigenvalue weighted by Gasteiger charge is 2.27. The summed E-state index contributed by atoms with van der Waals surface area (Å²) >= 11 is 12.4. The van der Waals surface area contributed by atoms with Crippen LogP contribution in [0.1, 0.15) is 38.3 Å². The summed E-state index contributed by atoms with van der Waals surface area (Å²) in [4.78, 5) is 2.47. The molecule has 3 atom stereocenters. The Morgan fingerprint density at radius 1 is 1.30 bits per heavy atom. The summed E-state index contributed by atoms with van der Waals surface area (Å²) < 4.78 is 0. The molecule has 1 saturated heterocycles. The lowest BCUT2D eigenvalue weighted by Crippen LogP contribution is -2.43. The first kappa shape index (κ1) is 18.1. The number of rotatable bonds is 3. The molecule has 0 amide bonds. The zero-order valence-electron chi connectivity index (χ0n) is 12.0. The molecule has 1 aromatic rings. The fourth-order valence-corrected chi connectivity index (χ4v) is 3.31. The number of nitrogens with zero attached hydrogens (tertiary/aromatic N) is 1. The summed E-state index contributed by atoms with van der Waals surface area (Å²) in [6.45, 7) is 6.45. The van der Waals surface area contributed by atoms with E-state index in [1.807, 2.05) is 18.2 Å². The van der Waals surface area contributed by atoms with Gasteiger partial charge >= 0.3 is 0 Å². The van der Waals surface area contributed by atoms with Crippen LogP contribution < -0.4 is 5.73 Å². The Labute approximate surface area is 138 Å². The Kier molecular flexibility index (Phi) is 7.10. The van der Waals surface area contributed by atoms with Gasteiger partial charge in [0, 0.05) is 28.7 Å². The minimum absolute atomic E-state index is 0. The summed E-state index contributed by atoms with van der Waals surface area (Å²) in [5.41, 5.74) is 7.16. The molecule has 114 valence electrons. The maximum atomic E-state index is 6.30. The monoisotopic (exact) mass is 336 g/mol. The predicted octanol–water partition coefficient (Wildman–Crippen LogP) is 4.54. The minimum Gasteiger partial charge on any atom is -0.328 e. The molecule has 0 aliphatic carbocycles. The van der Waals surface area contributed by atoms with Gasteiger partial charge in [0.15, 0.2) is 0 Å². The number of hydrogen-bond donors (Lipinski definition) is 1. The van der Waals surface area contributed by atoms with E-state index in [4.69, 9.17) is 28.9 Å². The van der Waals surface area contributed by atoms with Crippen LogP contribution in [0.4, 0.5) is 0 Å². The maximum Gasteiger partial charge on any atom is 0.0454 e. The molecule has 0 aromatic heterocycles. The summed E-state index contributed by atoms with van der Waals surface area (Å²) in [5.74, 6) is 0.578. The number of nitrogens with two attached hydrogens (primary N) is 1. The van der Waals surface area contributed by atoms with E-state index in [1.54, 1.807) is 0 Å². The fourth-order valence-electron chi connectivity index (χ4n) is 2.85. The first-order valence-corrected chi connectivity index (χ1v) is 7.69. The van der Waals surface area contributed by atoms with E-state index in [2.05, 4.69) is 18.7 Å². The smallest absolute Gasteiger partial charge is 0.0454 e. The van der Waals surface area contributed by atoms with Crippen LogP contribution in [0, 0.1) is 5.92 Å². The second-order valence-corrected chi connectivity index (χ2v) is 6.44. The van der Waals surface area contributed by atoms with E-state index in [-0.39, 0.29) is 24.5 Å². The molecule has 2 nitrogen and oxygen atoms in total. The third-order valence-electron chi connectivity index (χ3n) is 4.19. The van der Waals surface area contributed by atoms with Gasteiger partial charge in [0.2, 0.25) is 0 Å². The van der Waals surface area contributed by atoms with Crippen LogP contribution in [-0.4, -0.2) is 24.0 Å². The van der Waals surface area contributed by atoms with Crippen LogP contribution in [0.5, 0.6) is 0 Å². The van der Waals surface area contributed by atoms with Crippen molar-refractivity contribution in [3.8, 4) is 0 Å². The highest BCUT2D eigenvalue weighted by atomic mass is 35.5. The molecule has 1 aliphatic heterocycles. The van der Waals surface area contributed by atoms with Crippen LogP contribution in [0.2, 0.25) is 10.0 Å². The van der Waals surface area contributed by atoms with Gasteiger partial charge in [0.1, 0.15) is 0 Å². The van der Waals surface area contributed by atoms with Gasteiger partial charge in [-0.2, -0.15) is 0 Å². The van der Waals surface area contributed by atoms with Crippen molar-refractivity contribution in [3.05, 3.63) is 33.8 Å². The zero-order valence-corrected chi connectivity index (χ0v) is 14.3. The molecule has 5 heteroatoms. The second-order valence-electron chi connectivity index (χ2n) is 5.60. The van der Waals surface area contributed by atoms with Gasteiger partial charge in [-0.25, -0.2) is 0 Å². The van der Waals surface area contributed by atoms with Gasteiger partial charge in [0.25, 0.3) is 0 Å². The van der Waals surface area contributed by atoms with Crippen LogP contribution in [0.15, 0.2) is 18.2 Å². The molecule has 0 spiro atoms. The van der Waals surface area contributed by atoms with Gasteiger partial charge in [-0.1, -0.05) is 23.2 Å². The molecule has 1 fully saturated rings. The average molecular weight is 338 g/mol. The van der Waals surface area contributed by atoms with E-state index in [0.29, 0.717) is 5.92 Å². The number of halogens is 3. The van der Waals surface area contributed by atoms with Gasteiger partial charge in [-0.05, 0) is 62.9 Å². The van der Waals surface area contributed by atoms with E-state index in [9.17, 15) is 0 Å². The van der Waals surface area contributed by atoms with Crippen LogP contribution >= 0.6 is 35.6 Å². The molecule has 0 radical (unpaired) electrons. The highest BCUT2D eigenvalue weighted by Crippen LogP contribution is 2.32. The van der Waals surface area contributed by atoms with E-state index < -0.39 is 0 Å². The summed E-state index contributed by atoms with van der Waals surface area (Å²) in [5, 5.41) is 1.53. The molecular weight excluding hydrogens is 315 g/mol. The van der Waals surface area contributed by atoms with Crippen molar-refractivity contribution >= 4 is 35.6 Å². The number of benzene rings is 1. The lowest BCUT2D eigenvalue weighted by Gasteiger charge is -2.38. The van der Waals surface area contributed by atoms with Gasteiger partial charge in [-0.3, -0.25) is 4.90 Å². The third-order valence-corrected chi connectivity index (χ3v) is 4.77. The summed E-state index contributed by atoms with van der Waals surface area (Å²) in [6.07, 6.45) is 2.43. The first-order valence-electron chi connectivity index (χ1n) is 6.93. The van der Waals surface area contributed by atoms with Gasteiger partial charge < -0.3 is 5.73 Å². The van der Waals surface area contributed by atoms with Crippen LogP contribution in [0.3, 0.4) is 0 Å². The Morgan fingerprint density at radius 3 is 2.65 bits per heavy atom. The lowest BCUT2D eigenvalue weighted by atomic mass is 9.90. The van der Waals surface area contributed by atoms with E-state index in [1.165, 1.54) is 12.8 Å². The molecule has 3 unspecified atom stereocenters. The Bertz CT molecular complexity index is 437. The number of likely N-dealkylation sites (tertiary alicyclic amines) is 1. The normalized spacial score (nSPS) is 22.9. The molecule has 0 bridgehead atoms. The topological polar surface area (TPSA) is 29.3 Å². The van der Waals surface area contributed by atoms with E-state index in [0.717, 1.165) is 28.7 Å². The first-order chi connectivity index (χ1) is 8.99. The summed E-state index contributed by atoms with van der Waals surface area (Å²) in [6, 6.07) is 6.23. The van der Waals surface area contributed by atoms with Crippen molar-refractivity contribution in [3.63, 3.8) is 0 Å². The van der Waals surface area contributed by atoms with Crippen molar-refractivity contribution in [2.45, 2.75) is 38.8 Å². The van der Waals surface area contributed by atoms with Crippen LogP contribution in [0.25, 0.3) is 0 Å². The molecule has 2 N–H and O–H groups in total. The second kappa shape index (κ2) is 7.86. The van der Waals surface area contributed by atoms with Crippen molar-refractivity contribution in [2.24, 2.45) is 11.7 Å². The minimum atomic E-state index is 0. The summed E-state index contributed by atoms with van der Waals surface area (Å²) in [7, 11) is 0. The number of piperidine rings is 1. The van der Waals surface area contributed by atoms with Gasteiger partial charge in [-0.15, -0.1) is 12.4 Å². The Balaban J connectivity index is 0.00000200. The quantitative estimate of drug-likeness (QED) is 0.877. The van der Waals surface area contributed by atoms with Crippen molar-refractivity contribution in [2.75, 3.05) is 13.1 Å². The molecule has 0 saturated carbocycles. The lowest BCUT2D eigenvalue weighted by molar-refractivity contribution is 0.121. The van der Waals surface area contributed by atoms with E-state index >= 15 is 0 Å². The Hall–Kier alpha value is 0.01000. The third kappa shape index (κ3) is 4.25. The van der Waals surface area contributed by atoms with Crippen molar-refractivity contribution in [1.29, 1.82) is 0 Å². The molecule has 1 aromatic carbocycles. The molecule has 1 aliphatic rings. The van der Waals surface area contributed by atoms with Crippen molar-refractivity contribution < 1.29 is 0 Å². The Morgan fingerprint density at radius 2 is 2.00 bits per heavy atom. The van der Waals surface area contributed by atoms with Crippen LogP contribution in [-0.2, 0) is 0 Å². The average Bonchev–Trinajstić information content (AvgIpc) is 2.41. The molecule has 20 heavy (non-hydrogen) atoms. The number of hydrogen-bond acceptors (Lipinski definition) is 2. The zero-order chi connectivity index (χ0) is 14.0. The predicted molar refractivity (Wildman–Crippen MR) is 90.1 cm³/mol. The SMILES string of the molecule is CC(N)C1CCCN(C(C)c2cc(Cl)ccc2Cl)C1.Cl. The molecule has 2 rings (SSSR count). The molecular formula is C15H23Cl3N2. The van der Waals surface area contributed by atoms with Crippen molar-refractivity contribution in [1.82, 2.24) is 4.90 Å².